The summed E-state index contributed by atoms with van der Waals surface area (Å²) in [7, 11) is 0. The molecule has 20 nitrogen and oxygen atoms in total. The Bertz CT molecular complexity index is 2850. The first kappa shape index (κ1) is 67.1. The van der Waals surface area contributed by atoms with Crippen LogP contribution in [0.2, 0.25) is 0 Å². The Kier molecular flexibility index (Phi) is 29.3. The van der Waals surface area contributed by atoms with E-state index in [-0.39, 0.29) is 38.8 Å². The third-order valence-electron chi connectivity index (χ3n) is 8.05. The lowest BCUT2D eigenvalue weighted by Crippen LogP contribution is -2.29. The van der Waals surface area contributed by atoms with E-state index >= 15 is 0 Å². The number of benzene rings is 5. The highest BCUT2D eigenvalue weighted by atomic mass is 79.9. The van der Waals surface area contributed by atoms with E-state index in [2.05, 4.69) is 84.4 Å². The smallest absolute Gasteiger partial charge is 0.327 e. The van der Waals surface area contributed by atoms with Crippen LogP contribution in [0, 0.1) is 11.6 Å². The summed E-state index contributed by atoms with van der Waals surface area (Å²) in [5, 5.41) is 52.1. The van der Waals surface area contributed by atoms with Crippen LogP contribution < -0.4 is 49.2 Å². The minimum atomic E-state index is -1.62. The minimum Gasteiger partial charge on any atom is -0.545 e. The van der Waals surface area contributed by atoms with Crippen molar-refractivity contribution >= 4 is 139 Å². The lowest BCUT2D eigenvalue weighted by Gasteiger charge is -2.14. The van der Waals surface area contributed by atoms with Gasteiger partial charge in [-0.3, -0.25) is 24.0 Å². The number of alkyl halides is 5. The number of hydrogen-bond donors (Lipinski definition) is 0. The Morgan fingerprint density at radius 3 is 0.974 bits per heavy atom. The molecular weight excluding hydrogens is 1350 g/mol. The van der Waals surface area contributed by atoms with E-state index in [0.29, 0.717) is 17.2 Å². The number of rotatable bonds is 15. The number of carbonyl (C=O) groups is 10. The predicted octanol–water partition coefficient (Wildman–Crippen LogP) is 3.59. The second-order valence-electron chi connectivity index (χ2n) is 14.4. The maximum absolute atomic E-state index is 13.1. The fourth-order valence-electron chi connectivity index (χ4n) is 4.37. The Morgan fingerprint density at radius 2 is 0.711 bits per heavy atom. The predicted molar refractivity (Wildman–Crippen MR) is 269 cm³/mol. The van der Waals surface area contributed by atoms with E-state index in [1.165, 1.54) is 84.9 Å². The van der Waals surface area contributed by atoms with Crippen LogP contribution >= 0.6 is 79.6 Å². The van der Waals surface area contributed by atoms with Crippen molar-refractivity contribution < 1.29 is 106 Å². The summed E-state index contributed by atoms with van der Waals surface area (Å²) >= 11 is 15.0. The van der Waals surface area contributed by atoms with E-state index in [4.69, 9.17) is 18.9 Å². The van der Waals surface area contributed by atoms with Gasteiger partial charge < -0.3 is 73.2 Å². The standard InChI is InChI=1S/C11H11BrO4.C10H8BrFO4.C10H9BrO4.C9H6BrFO4.C9H7BrO4/c1-11(2,12)10(15)16-8-5-3-7(4-6-8)9(13)14;1-5(11)10(15)16-6-2-3-7(9(13)14)8(12)4-6;1-6(11)10(14)15-8-4-2-7(3-5-8)9(12)13;10-4-8(12)15-5-1-2-6(9(13)14)7(11)3-5;10-5-8(11)14-7-3-1-6(2-4-7)9(12)13/h3-6H,1-2H3,(H,13,14);2-5H,1H3,(H,13,14);2-6H,1H3,(H,12,13);1-3H,4H2,(H,13,14);1-4H,5H2,(H,12,13)/p-5. The number of aromatic carboxylic acids is 5. The Balaban J connectivity index is 0.000000475. The number of carboxylic acids is 5. The highest BCUT2D eigenvalue weighted by Crippen LogP contribution is 2.22. The molecule has 2 unspecified atom stereocenters. The number of ether oxygens (including phenoxy) is 5. The van der Waals surface area contributed by atoms with Crippen LogP contribution in [0.5, 0.6) is 28.7 Å². The monoisotopic (exact) mass is 1380 g/mol. The molecule has 5 aromatic carbocycles. The van der Waals surface area contributed by atoms with Gasteiger partial charge >= 0.3 is 29.8 Å². The molecule has 0 amide bonds. The summed E-state index contributed by atoms with van der Waals surface area (Å²) in [5.74, 6) is -10.8. The summed E-state index contributed by atoms with van der Waals surface area (Å²) < 4.78 is 49.5. The van der Waals surface area contributed by atoms with Gasteiger partial charge in [0.25, 0.3) is 0 Å². The van der Waals surface area contributed by atoms with Crippen LogP contribution in [0.3, 0.4) is 0 Å². The van der Waals surface area contributed by atoms with Crippen LogP contribution in [0.25, 0.3) is 0 Å². The number of esters is 5. The Labute approximate surface area is 471 Å². The molecule has 406 valence electrons. The van der Waals surface area contributed by atoms with Gasteiger partial charge in [-0.25, -0.2) is 8.78 Å². The van der Waals surface area contributed by atoms with Crippen molar-refractivity contribution in [3.63, 3.8) is 0 Å². The fraction of sp³-hybridized carbons (Fsp3) is 0.184. The molecule has 0 aromatic heterocycles. The summed E-state index contributed by atoms with van der Waals surface area (Å²) in [6.07, 6.45) is 0. The molecule has 0 fully saturated rings. The lowest BCUT2D eigenvalue weighted by molar-refractivity contribution is -0.256. The zero-order chi connectivity index (χ0) is 58.0. The van der Waals surface area contributed by atoms with Crippen LogP contribution in [-0.4, -0.2) is 84.3 Å². The molecule has 2 atom stereocenters. The van der Waals surface area contributed by atoms with Crippen LogP contribution in [-0.2, 0) is 24.0 Å². The van der Waals surface area contributed by atoms with E-state index in [9.17, 15) is 82.3 Å². The second kappa shape index (κ2) is 33.2. The van der Waals surface area contributed by atoms with Gasteiger partial charge in [-0.05, 0) is 141 Å². The minimum absolute atomic E-state index is 0.0309. The topological polar surface area (TPSA) is 332 Å². The molecule has 0 radical (unpaired) electrons. The van der Waals surface area contributed by atoms with Crippen molar-refractivity contribution in [1.29, 1.82) is 0 Å². The highest BCUT2D eigenvalue weighted by Gasteiger charge is 2.26. The summed E-state index contributed by atoms with van der Waals surface area (Å²) in [6, 6.07) is 22.2. The summed E-state index contributed by atoms with van der Waals surface area (Å²) in [6.45, 7) is 6.50. The third-order valence-corrected chi connectivity index (χ3v) is 10.0. The van der Waals surface area contributed by atoms with E-state index < -0.39 is 96.4 Å². The average molecular weight is 1380 g/mol. The third kappa shape index (κ3) is 25.5. The first-order chi connectivity index (χ1) is 35.4. The molecule has 0 N–H and O–H groups in total. The number of carboxylic acid groups (broad SMARTS) is 5. The van der Waals surface area contributed by atoms with Crippen molar-refractivity contribution in [1.82, 2.24) is 0 Å². The molecule has 0 spiro atoms. The zero-order valence-corrected chi connectivity index (χ0v) is 47.2. The van der Waals surface area contributed by atoms with E-state index in [1.54, 1.807) is 27.7 Å². The van der Waals surface area contributed by atoms with Gasteiger partial charge in [0, 0.05) is 23.3 Å². The van der Waals surface area contributed by atoms with Crippen molar-refractivity contribution in [2.75, 3.05) is 10.7 Å². The van der Waals surface area contributed by atoms with E-state index in [1.807, 2.05) is 0 Å². The van der Waals surface area contributed by atoms with Gasteiger partial charge in [0.2, 0.25) is 0 Å². The molecule has 5 aromatic rings. The second-order valence-corrected chi connectivity index (χ2v) is 20.3. The highest BCUT2D eigenvalue weighted by molar-refractivity contribution is 9.10. The maximum Gasteiger partial charge on any atom is 0.327 e. The average Bonchev–Trinajstić information content (AvgIpc) is 3.34. The Morgan fingerprint density at radius 1 is 0.447 bits per heavy atom. The molecule has 0 bridgehead atoms. The van der Waals surface area contributed by atoms with Crippen molar-refractivity contribution in [2.24, 2.45) is 0 Å². The van der Waals surface area contributed by atoms with Crippen molar-refractivity contribution in [2.45, 2.75) is 41.7 Å². The van der Waals surface area contributed by atoms with Gasteiger partial charge in [0.15, 0.2) is 0 Å². The lowest BCUT2D eigenvalue weighted by atomic mass is 10.2. The maximum atomic E-state index is 13.1. The molecular formula is C49H36Br5F2O20-5. The number of hydrogen-bond acceptors (Lipinski definition) is 20. The molecule has 76 heavy (non-hydrogen) atoms. The van der Waals surface area contributed by atoms with Crippen LogP contribution in [0.15, 0.2) is 109 Å². The van der Waals surface area contributed by atoms with Gasteiger partial charge in [-0.15, -0.1) is 0 Å². The van der Waals surface area contributed by atoms with Crippen LogP contribution in [0.1, 0.15) is 79.5 Å². The quantitative estimate of drug-likeness (QED) is 0.0821. The molecule has 0 heterocycles. The van der Waals surface area contributed by atoms with Crippen LogP contribution in [0.4, 0.5) is 8.78 Å². The SMILES string of the molecule is CC(Br)C(=O)Oc1ccc(C(=O)[O-])c(F)c1.CC(Br)C(=O)Oc1ccc(C(=O)[O-])cc1.CC(C)(Br)C(=O)Oc1ccc(C(=O)[O-])cc1.O=C(CBr)Oc1ccc(C(=O)[O-])c(F)c1.O=C(CBr)Oc1ccc(C(=O)[O-])cc1. The molecule has 0 saturated heterocycles. The number of halogens is 7. The first-order valence-electron chi connectivity index (χ1n) is 20.5. The van der Waals surface area contributed by atoms with Gasteiger partial charge in [-0.2, -0.15) is 0 Å². The fourth-order valence-corrected chi connectivity index (χ4v) is 4.86. The molecule has 0 saturated carbocycles. The molecule has 0 aliphatic carbocycles. The van der Waals surface area contributed by atoms with Gasteiger partial charge in [0.1, 0.15) is 65.0 Å². The normalized spacial score (nSPS) is 10.8. The van der Waals surface area contributed by atoms with Crippen molar-refractivity contribution in [3.8, 4) is 28.7 Å². The van der Waals surface area contributed by atoms with E-state index in [0.717, 1.165) is 24.3 Å². The molecule has 27 heteroatoms. The van der Waals surface area contributed by atoms with Crippen molar-refractivity contribution in [3.05, 3.63) is 149 Å². The first-order valence-corrected chi connectivity index (χ1v) is 25.4. The zero-order valence-electron chi connectivity index (χ0n) is 39.3. The summed E-state index contributed by atoms with van der Waals surface area (Å²) in [4.78, 5) is 106. The number of carbonyl (C=O) groups excluding carboxylic acids is 10. The van der Waals surface area contributed by atoms with Gasteiger partial charge in [-0.1, -0.05) is 79.6 Å². The summed E-state index contributed by atoms with van der Waals surface area (Å²) in [5.41, 5.74) is -1.02. The molecule has 0 aliphatic rings. The molecule has 0 aliphatic heterocycles. The Hall–Kier alpha value is -6.94. The molecule has 5 rings (SSSR count). The largest absolute Gasteiger partial charge is 0.545 e. The van der Waals surface area contributed by atoms with Gasteiger partial charge in [0.05, 0.1) is 29.8 Å².